The van der Waals surface area contributed by atoms with Crippen molar-refractivity contribution in [3.63, 3.8) is 0 Å². The number of anilines is 1. The van der Waals surface area contributed by atoms with Gasteiger partial charge in [0.1, 0.15) is 0 Å². The van der Waals surface area contributed by atoms with Gasteiger partial charge in [0.25, 0.3) is 0 Å². The molecule has 0 aromatic heterocycles. The van der Waals surface area contributed by atoms with Gasteiger partial charge < -0.3 is 0 Å². The average Bonchev–Trinajstić information content (AvgIpc) is 3.16. The van der Waals surface area contributed by atoms with Gasteiger partial charge in [0.2, 0.25) is 0 Å². The van der Waals surface area contributed by atoms with Crippen LogP contribution in [0.1, 0.15) is 0 Å². The van der Waals surface area contributed by atoms with E-state index in [4.69, 9.17) is 95.7 Å². The zero-order chi connectivity index (χ0) is 37.8. The van der Waals surface area contributed by atoms with Gasteiger partial charge in [0, 0.05) is 0 Å². The van der Waals surface area contributed by atoms with E-state index in [0.29, 0.717) is 0 Å². The number of para-hydroxylation sites is 7. The molecule has 0 spiro atoms. The minimum atomic E-state index is -5.73. The summed E-state index contributed by atoms with van der Waals surface area (Å²) in [4.78, 5) is 10.2. The Balaban J connectivity index is 1.62. The van der Waals surface area contributed by atoms with E-state index in [1.165, 1.54) is 0 Å². The number of nitrogens with one attached hydrogen (secondary N) is 1. The van der Waals surface area contributed by atoms with Crippen molar-refractivity contribution in [1.29, 1.82) is 0 Å². The van der Waals surface area contributed by atoms with Crippen LogP contribution in [0, 0.1) is 0 Å². The molecule has 0 radical (unpaired) electrons. The minimum absolute atomic E-state index is 0.0957. The molecule has 1 aliphatic heterocycles. The Morgan fingerprint density at radius 2 is 0.833 bits per heavy atom. The molecule has 6 aromatic rings. The van der Waals surface area contributed by atoms with E-state index in [0.717, 1.165) is 4.60 Å². The second-order valence-electron chi connectivity index (χ2n) is 11.1. The Bertz CT molecular complexity index is 2210. The number of hydrogen-bond acceptors (Lipinski definition) is 10. The molecule has 0 amide bonds. The molecule has 7 rings (SSSR count). The molecule has 278 valence electrons. The van der Waals surface area contributed by atoms with Crippen LogP contribution in [-0.2, 0) is 0 Å². The van der Waals surface area contributed by atoms with Gasteiger partial charge in [-0.1, -0.05) is 0 Å². The van der Waals surface area contributed by atoms with Gasteiger partial charge in [-0.05, 0) is 0 Å². The second kappa shape index (κ2) is 16.2. The Morgan fingerprint density at radius 3 is 1.20 bits per heavy atom. The molecular formula is C36H28Cl5N4O6P3. The van der Waals surface area contributed by atoms with E-state index in [2.05, 4.69) is 4.86 Å². The number of halogens is 5. The molecular weight excluding hydrogens is 855 g/mol. The standard InChI is InChI=1S/C36H28Cl5N4O6P3/c37-25-13-1-7-19-31(25)47-53(48-32-20-8-2-14-26(32)38)43-52-44-54(49-33-21-9-3-15-27(33)39,50-34-22-10-4-16-28(34)40,51-35-23-11-5-17-29(35)41)45(53)46-36-24-12-6-18-30(36)42/h1-24,44,52H,42H2. The van der Waals surface area contributed by atoms with Crippen molar-refractivity contribution in [2.45, 2.75) is 0 Å². The summed E-state index contributed by atoms with van der Waals surface area (Å²) >= 11 is 34.1. The van der Waals surface area contributed by atoms with E-state index < -0.39 is 24.1 Å². The molecule has 0 bridgehead atoms. The number of nitrogen functional groups attached to an aromatic ring is 1. The first-order valence-electron chi connectivity index (χ1n) is 15.8. The normalized spacial score (nSPS) is 16.9. The third-order valence-corrected chi connectivity index (χ3v) is 17.5. The third kappa shape index (κ3) is 7.88. The van der Waals surface area contributed by atoms with Crippen LogP contribution in [-0.4, -0.2) is 4.60 Å². The Morgan fingerprint density at radius 1 is 0.500 bits per heavy atom. The zero-order valence-electron chi connectivity index (χ0n) is 27.6. The van der Waals surface area contributed by atoms with Gasteiger partial charge in [-0.3, -0.25) is 0 Å². The van der Waals surface area contributed by atoms with Crippen LogP contribution in [0.5, 0.6) is 34.5 Å². The van der Waals surface area contributed by atoms with Crippen LogP contribution < -0.4 is 38.0 Å². The number of hydrogen-bond donors (Lipinski definition) is 2. The molecule has 18 heteroatoms. The van der Waals surface area contributed by atoms with E-state index in [-0.39, 0.29) is 65.3 Å². The molecule has 0 saturated heterocycles. The van der Waals surface area contributed by atoms with Crippen molar-refractivity contribution in [3.8, 4) is 34.5 Å². The maximum atomic E-state index is 7.13. The summed E-state index contributed by atoms with van der Waals surface area (Å²) in [5.41, 5.74) is 6.77. The predicted octanol–water partition coefficient (Wildman–Crippen LogP) is 13.7. The maximum absolute atomic E-state index is 7.13. The molecule has 0 aliphatic carbocycles. The number of nitrogens with two attached hydrogens (primary N) is 1. The van der Waals surface area contributed by atoms with Gasteiger partial charge in [-0.2, -0.15) is 0 Å². The molecule has 54 heavy (non-hydrogen) atoms. The molecule has 1 atom stereocenters. The fourth-order valence-electron chi connectivity index (χ4n) is 4.95. The van der Waals surface area contributed by atoms with E-state index in [9.17, 15) is 0 Å². The quantitative estimate of drug-likeness (QED) is 0.0917. The summed E-state index contributed by atoms with van der Waals surface area (Å²) in [6.07, 6.45) is 0. The third-order valence-electron chi connectivity index (χ3n) is 7.42. The summed E-state index contributed by atoms with van der Waals surface area (Å²) in [5.74, 6) is 0.718. The van der Waals surface area contributed by atoms with E-state index in [1.807, 2.05) is 0 Å². The van der Waals surface area contributed by atoms with Crippen LogP contribution in [0.2, 0.25) is 25.1 Å². The Hall–Kier alpha value is -3.62. The van der Waals surface area contributed by atoms with Crippen molar-refractivity contribution in [1.82, 2.24) is 9.46 Å². The van der Waals surface area contributed by atoms with Crippen LogP contribution in [0.25, 0.3) is 0 Å². The second-order valence-corrected chi connectivity index (χ2v) is 19.7. The molecule has 1 aliphatic rings. The summed E-state index contributed by atoms with van der Waals surface area (Å²) in [6, 6.07) is 40.4. The molecule has 1 unspecified atom stereocenters. The first-order valence-corrected chi connectivity index (χ1v) is 22.1. The van der Waals surface area contributed by atoms with Gasteiger partial charge in [-0.25, -0.2) is 0 Å². The average molecular weight is 883 g/mol. The topological polar surface area (TPSA) is 109 Å². The van der Waals surface area contributed by atoms with Crippen molar-refractivity contribution in [3.05, 3.63) is 171 Å². The summed E-state index contributed by atoms with van der Waals surface area (Å²) in [7, 11) is -10.7. The van der Waals surface area contributed by atoms with Crippen molar-refractivity contribution >= 4 is 87.8 Å². The van der Waals surface area contributed by atoms with Gasteiger partial charge in [-0.15, -0.1) is 0 Å². The Labute approximate surface area is 338 Å². The van der Waals surface area contributed by atoms with Crippen molar-refractivity contribution in [2.24, 2.45) is 4.52 Å². The SMILES string of the molecule is Nc1ccccc1ON1P(Oc2ccccc2Cl)(Oc2ccccc2Cl)=NPNP1(Oc1ccccc1Cl)(Oc1ccccc1Cl)Oc1ccccc1Cl. The summed E-state index contributed by atoms with van der Waals surface area (Å²) in [5, 5.41) is 0.995. The fraction of sp³-hybridized carbons (Fsp3) is 0. The molecule has 6 aromatic carbocycles. The van der Waals surface area contributed by atoms with Gasteiger partial charge in [0.05, 0.1) is 0 Å². The number of benzene rings is 6. The molecule has 10 nitrogen and oxygen atoms in total. The van der Waals surface area contributed by atoms with Gasteiger partial charge >= 0.3 is 340 Å². The van der Waals surface area contributed by atoms with Crippen molar-refractivity contribution in [2.75, 3.05) is 5.73 Å². The van der Waals surface area contributed by atoms with Crippen LogP contribution in [0.3, 0.4) is 0 Å². The number of nitrogens with zero attached hydrogens (tertiary/aromatic N) is 2. The molecule has 3 N–H and O–H groups in total. The molecule has 0 fully saturated rings. The zero-order valence-corrected chi connectivity index (χ0v) is 34.1. The first-order chi connectivity index (χ1) is 26.1. The van der Waals surface area contributed by atoms with Crippen LogP contribution in [0.4, 0.5) is 5.69 Å². The molecule has 1 heterocycles. The van der Waals surface area contributed by atoms with Crippen LogP contribution in [0.15, 0.2) is 150 Å². The fourth-order valence-corrected chi connectivity index (χ4v) is 15.5. The Kier molecular flexibility index (Phi) is 11.6. The van der Waals surface area contributed by atoms with Crippen LogP contribution >= 0.6 is 82.1 Å². The van der Waals surface area contributed by atoms with Crippen molar-refractivity contribution < 1.29 is 27.5 Å². The van der Waals surface area contributed by atoms with Gasteiger partial charge in [0.15, 0.2) is 0 Å². The predicted molar refractivity (Wildman–Crippen MR) is 221 cm³/mol. The first kappa shape index (κ1) is 38.6. The summed E-state index contributed by atoms with van der Waals surface area (Å²) in [6.45, 7) is 0. The summed E-state index contributed by atoms with van der Waals surface area (Å²) < 4.78 is 41.3. The number of rotatable bonds is 12. The monoisotopic (exact) mass is 880 g/mol. The van der Waals surface area contributed by atoms with E-state index >= 15 is 0 Å². The molecule has 0 saturated carbocycles. The van der Waals surface area contributed by atoms with E-state index in [1.54, 1.807) is 146 Å².